The number of fused-ring (bicyclic) bond motifs is 1. The molecule has 1 aliphatic heterocycles. The molecule has 3 rings (SSSR count). The highest BCUT2D eigenvalue weighted by Gasteiger charge is 2.17. The number of hydrogen-bond acceptors (Lipinski definition) is 2. The molecule has 20 heavy (non-hydrogen) atoms. The lowest BCUT2D eigenvalue weighted by molar-refractivity contribution is 0.290. The number of ether oxygens (including phenoxy) is 2. The third-order valence-electron chi connectivity index (χ3n) is 3.35. The first kappa shape index (κ1) is 14.0. The van der Waals surface area contributed by atoms with E-state index < -0.39 is 0 Å². The smallest absolute Gasteiger partial charge is 0.129 e. The van der Waals surface area contributed by atoms with Gasteiger partial charge in [0.2, 0.25) is 0 Å². The van der Waals surface area contributed by atoms with Crippen LogP contribution in [0.3, 0.4) is 0 Å². The van der Waals surface area contributed by atoms with Crippen LogP contribution in [0.5, 0.6) is 11.5 Å². The Morgan fingerprint density at radius 2 is 2.00 bits per heavy atom. The van der Waals surface area contributed by atoms with Crippen molar-refractivity contribution in [3.05, 3.63) is 56.0 Å². The summed E-state index contributed by atoms with van der Waals surface area (Å²) in [5.74, 6) is 1.89. The van der Waals surface area contributed by atoms with E-state index >= 15 is 0 Å². The predicted octanol–water partition coefficient (Wildman–Crippen LogP) is 5.03. The van der Waals surface area contributed by atoms with Gasteiger partial charge in [0.15, 0.2) is 0 Å². The molecule has 0 aromatic heterocycles. The van der Waals surface area contributed by atoms with Crippen LogP contribution in [0.25, 0.3) is 0 Å². The fraction of sp³-hybridized carbons (Fsp3) is 0.250. The minimum atomic E-state index is 0.518. The Morgan fingerprint density at radius 3 is 2.80 bits per heavy atom. The number of halogens is 2. The largest absolute Gasteiger partial charge is 0.493 e. The fourth-order valence-electron chi connectivity index (χ4n) is 2.38. The fourth-order valence-corrected chi connectivity index (χ4v) is 3.41. The summed E-state index contributed by atoms with van der Waals surface area (Å²) < 4.78 is 13.8. The van der Waals surface area contributed by atoms with Crippen molar-refractivity contribution in [1.82, 2.24) is 0 Å². The monoisotopic (exact) mass is 396 g/mol. The van der Waals surface area contributed by atoms with E-state index in [4.69, 9.17) is 9.47 Å². The van der Waals surface area contributed by atoms with Crippen LogP contribution >= 0.6 is 31.9 Å². The van der Waals surface area contributed by atoms with Crippen molar-refractivity contribution in [1.29, 1.82) is 0 Å². The Hall–Kier alpha value is -1.00. The van der Waals surface area contributed by atoms with Crippen LogP contribution in [-0.2, 0) is 13.0 Å². The zero-order valence-electron chi connectivity index (χ0n) is 11.1. The van der Waals surface area contributed by atoms with Gasteiger partial charge in [-0.15, -0.1) is 0 Å². The molecule has 0 aliphatic carbocycles. The SMILES string of the molecule is Cc1cc(Br)ccc1OCc1cc(Br)cc2c1OCC2. The minimum absolute atomic E-state index is 0.518. The Kier molecular flexibility index (Phi) is 4.03. The summed E-state index contributed by atoms with van der Waals surface area (Å²) in [5.41, 5.74) is 3.46. The van der Waals surface area contributed by atoms with Crippen LogP contribution in [-0.4, -0.2) is 6.61 Å². The van der Waals surface area contributed by atoms with Gasteiger partial charge in [-0.3, -0.25) is 0 Å². The van der Waals surface area contributed by atoms with Gasteiger partial charge in [-0.25, -0.2) is 0 Å². The van der Waals surface area contributed by atoms with E-state index in [9.17, 15) is 0 Å². The normalized spacial score (nSPS) is 12.9. The third kappa shape index (κ3) is 2.86. The van der Waals surface area contributed by atoms with E-state index in [0.29, 0.717) is 6.61 Å². The van der Waals surface area contributed by atoms with Gasteiger partial charge in [0, 0.05) is 20.9 Å². The van der Waals surface area contributed by atoms with Gasteiger partial charge < -0.3 is 9.47 Å². The lowest BCUT2D eigenvalue weighted by atomic mass is 10.1. The van der Waals surface area contributed by atoms with Crippen LogP contribution in [0.2, 0.25) is 0 Å². The molecule has 0 fully saturated rings. The van der Waals surface area contributed by atoms with Gasteiger partial charge in [-0.2, -0.15) is 0 Å². The van der Waals surface area contributed by atoms with Gasteiger partial charge >= 0.3 is 0 Å². The summed E-state index contributed by atoms with van der Waals surface area (Å²) in [4.78, 5) is 0. The molecular formula is C16H14Br2O2. The summed E-state index contributed by atoms with van der Waals surface area (Å²) in [6.07, 6.45) is 0.971. The summed E-state index contributed by atoms with van der Waals surface area (Å²) in [6, 6.07) is 10.2. The lowest BCUT2D eigenvalue weighted by Gasteiger charge is -2.12. The van der Waals surface area contributed by atoms with Crippen molar-refractivity contribution < 1.29 is 9.47 Å². The van der Waals surface area contributed by atoms with Gasteiger partial charge in [0.05, 0.1) is 6.61 Å². The quantitative estimate of drug-likeness (QED) is 0.722. The number of aryl methyl sites for hydroxylation is 1. The van der Waals surface area contributed by atoms with Crippen molar-refractivity contribution >= 4 is 31.9 Å². The molecule has 0 atom stereocenters. The molecular weight excluding hydrogens is 384 g/mol. The van der Waals surface area contributed by atoms with Crippen molar-refractivity contribution in [2.24, 2.45) is 0 Å². The molecule has 0 unspecified atom stereocenters. The van der Waals surface area contributed by atoms with Crippen molar-refractivity contribution in [2.75, 3.05) is 6.61 Å². The van der Waals surface area contributed by atoms with E-state index in [0.717, 1.165) is 44.6 Å². The van der Waals surface area contributed by atoms with Crippen molar-refractivity contribution in [2.45, 2.75) is 20.0 Å². The Labute approximate surface area is 135 Å². The Bertz CT molecular complexity index is 653. The zero-order chi connectivity index (χ0) is 14.1. The molecule has 0 spiro atoms. The average Bonchev–Trinajstić information content (AvgIpc) is 2.85. The van der Waals surface area contributed by atoms with Gasteiger partial charge in [0.1, 0.15) is 18.1 Å². The van der Waals surface area contributed by atoms with E-state index in [-0.39, 0.29) is 0 Å². The highest BCUT2D eigenvalue weighted by atomic mass is 79.9. The summed E-state index contributed by atoms with van der Waals surface area (Å²) >= 11 is 7.01. The van der Waals surface area contributed by atoms with Gasteiger partial charge in [-0.05, 0) is 48.4 Å². The second-order valence-electron chi connectivity index (χ2n) is 4.85. The molecule has 1 heterocycles. The molecule has 4 heteroatoms. The topological polar surface area (TPSA) is 18.5 Å². The zero-order valence-corrected chi connectivity index (χ0v) is 14.3. The Morgan fingerprint density at radius 1 is 1.15 bits per heavy atom. The molecule has 0 saturated heterocycles. The van der Waals surface area contributed by atoms with Gasteiger partial charge in [0.25, 0.3) is 0 Å². The Balaban J connectivity index is 1.82. The number of benzene rings is 2. The standard InChI is InChI=1S/C16H14Br2O2/c1-10-6-13(17)2-3-15(10)20-9-12-8-14(18)7-11-4-5-19-16(11)12/h2-3,6-8H,4-5,9H2,1H3. The van der Waals surface area contributed by atoms with Crippen LogP contribution in [0.15, 0.2) is 39.3 Å². The van der Waals surface area contributed by atoms with Crippen LogP contribution in [0.1, 0.15) is 16.7 Å². The van der Waals surface area contributed by atoms with Crippen molar-refractivity contribution in [3.8, 4) is 11.5 Å². The number of hydrogen-bond donors (Lipinski definition) is 0. The molecule has 0 bridgehead atoms. The summed E-state index contributed by atoms with van der Waals surface area (Å²) in [5, 5.41) is 0. The summed E-state index contributed by atoms with van der Waals surface area (Å²) in [6.45, 7) is 3.32. The summed E-state index contributed by atoms with van der Waals surface area (Å²) in [7, 11) is 0. The molecule has 104 valence electrons. The molecule has 2 aromatic carbocycles. The molecule has 0 amide bonds. The van der Waals surface area contributed by atoms with Gasteiger partial charge in [-0.1, -0.05) is 31.9 Å². The van der Waals surface area contributed by atoms with E-state index in [1.54, 1.807) is 0 Å². The molecule has 0 saturated carbocycles. The van der Waals surface area contributed by atoms with Crippen LogP contribution in [0, 0.1) is 6.92 Å². The van der Waals surface area contributed by atoms with Crippen LogP contribution in [0.4, 0.5) is 0 Å². The maximum atomic E-state index is 5.94. The molecule has 2 aromatic rings. The van der Waals surface area contributed by atoms with Crippen LogP contribution < -0.4 is 9.47 Å². The lowest BCUT2D eigenvalue weighted by Crippen LogP contribution is -2.00. The molecule has 1 aliphatic rings. The highest BCUT2D eigenvalue weighted by Crippen LogP contribution is 2.34. The maximum absolute atomic E-state index is 5.94. The second-order valence-corrected chi connectivity index (χ2v) is 6.68. The van der Waals surface area contributed by atoms with E-state index in [1.807, 2.05) is 19.1 Å². The minimum Gasteiger partial charge on any atom is -0.493 e. The third-order valence-corrected chi connectivity index (χ3v) is 4.30. The first-order valence-corrected chi connectivity index (χ1v) is 8.05. The average molecular weight is 398 g/mol. The van der Waals surface area contributed by atoms with E-state index in [2.05, 4.69) is 50.1 Å². The highest BCUT2D eigenvalue weighted by molar-refractivity contribution is 9.10. The first-order valence-electron chi connectivity index (χ1n) is 6.46. The second kappa shape index (κ2) is 5.78. The first-order chi connectivity index (χ1) is 9.63. The number of rotatable bonds is 3. The maximum Gasteiger partial charge on any atom is 0.129 e. The molecule has 2 nitrogen and oxygen atoms in total. The predicted molar refractivity (Wildman–Crippen MR) is 86.6 cm³/mol. The molecule has 0 N–H and O–H groups in total. The molecule has 0 radical (unpaired) electrons. The van der Waals surface area contributed by atoms with Crippen molar-refractivity contribution in [3.63, 3.8) is 0 Å². The van der Waals surface area contributed by atoms with E-state index in [1.165, 1.54) is 5.56 Å².